The Bertz CT molecular complexity index is 1620. The molecule has 39 heavy (non-hydrogen) atoms. The molecule has 4 heterocycles. The number of aromatic hydroxyl groups is 1. The Balaban J connectivity index is 1.38. The number of carbonyl (C=O) groups excluding carboxylic acids is 1. The van der Waals surface area contributed by atoms with E-state index in [2.05, 4.69) is 20.5 Å². The van der Waals surface area contributed by atoms with Crippen LogP contribution in [-0.2, 0) is 4.79 Å². The Morgan fingerprint density at radius 1 is 1.08 bits per heavy atom. The summed E-state index contributed by atoms with van der Waals surface area (Å²) in [5.41, 5.74) is 0.741. The molecule has 3 saturated heterocycles. The number of fused-ring (bicyclic) bond motifs is 4. The molecule has 1 aromatic heterocycles. The topological polar surface area (TPSA) is 99.6 Å². The number of nitrogens with zero attached hydrogens (tertiary/aromatic N) is 3. The molecule has 0 spiro atoms. The fourth-order valence-electron chi connectivity index (χ4n) is 6.16. The van der Waals surface area contributed by atoms with E-state index < -0.39 is 5.82 Å². The Labute approximate surface area is 229 Å². The van der Waals surface area contributed by atoms with Crippen molar-refractivity contribution in [1.29, 1.82) is 0 Å². The Morgan fingerprint density at radius 3 is 2.64 bits per heavy atom. The molecule has 0 saturated carbocycles. The number of rotatable bonds is 5. The highest BCUT2D eigenvalue weighted by Gasteiger charge is 2.34. The number of piperazine rings is 1. The van der Waals surface area contributed by atoms with E-state index in [0.717, 1.165) is 36.7 Å². The Kier molecular flexibility index (Phi) is 5.93. The average molecular weight is 548 g/mol. The highest BCUT2D eigenvalue weighted by Crippen LogP contribution is 2.42. The van der Waals surface area contributed by atoms with E-state index in [9.17, 15) is 9.90 Å². The summed E-state index contributed by atoms with van der Waals surface area (Å²) in [6, 6.07) is 12.9. The molecule has 200 valence electrons. The van der Waals surface area contributed by atoms with Gasteiger partial charge in [-0.15, -0.1) is 0 Å². The van der Waals surface area contributed by atoms with Crippen LogP contribution >= 0.6 is 11.6 Å². The van der Waals surface area contributed by atoms with Crippen molar-refractivity contribution in [2.45, 2.75) is 43.8 Å². The van der Waals surface area contributed by atoms with E-state index in [0.29, 0.717) is 41.7 Å². The minimum Gasteiger partial charge on any atom is -0.508 e. The molecule has 2 unspecified atom stereocenters. The number of anilines is 1. The average Bonchev–Trinajstić information content (AvgIpc) is 3.50. The van der Waals surface area contributed by atoms with Crippen molar-refractivity contribution in [3.63, 3.8) is 0 Å². The molecular formula is C29H27ClFN5O3. The van der Waals surface area contributed by atoms with E-state index in [4.69, 9.17) is 21.3 Å². The maximum atomic E-state index is 16.6. The summed E-state index contributed by atoms with van der Waals surface area (Å²) in [6.45, 7) is 1.67. The van der Waals surface area contributed by atoms with Gasteiger partial charge in [-0.05, 0) is 53.8 Å². The second-order valence-corrected chi connectivity index (χ2v) is 11.1. The zero-order valence-electron chi connectivity index (χ0n) is 21.1. The quantitative estimate of drug-likeness (QED) is 0.337. The molecule has 8 nitrogen and oxygen atoms in total. The predicted octanol–water partition coefficient (Wildman–Crippen LogP) is 4.55. The van der Waals surface area contributed by atoms with Crippen LogP contribution in [0.5, 0.6) is 11.8 Å². The molecule has 0 aliphatic carbocycles. The number of hydrogen-bond donors (Lipinski definition) is 3. The van der Waals surface area contributed by atoms with Gasteiger partial charge in [0, 0.05) is 42.5 Å². The second-order valence-electron chi connectivity index (χ2n) is 10.6. The summed E-state index contributed by atoms with van der Waals surface area (Å²) in [4.78, 5) is 23.0. The standard InChI is InChI=1S/C29H27ClFN5O3/c30-23-11-22-27(26(31)25(23)21-10-19(37)9-15-3-1-2-4-20(15)21)34-29(39-14-18-7-8-24(38)33-18)35-28(22)36-12-16-5-6-17(13-36)32-16/h1-4,9-11,16-18,32,37H,5-8,12-14H2,(H,33,38)/t16?,17?,18-/m1/s1. The molecule has 7 rings (SSSR count). The maximum absolute atomic E-state index is 16.6. The van der Waals surface area contributed by atoms with Gasteiger partial charge >= 0.3 is 6.01 Å². The molecule has 10 heteroatoms. The van der Waals surface area contributed by atoms with Crippen LogP contribution in [0, 0.1) is 5.82 Å². The lowest BCUT2D eigenvalue weighted by atomic mass is 9.96. The zero-order chi connectivity index (χ0) is 26.7. The maximum Gasteiger partial charge on any atom is 0.319 e. The number of ether oxygens (including phenoxy) is 1. The van der Waals surface area contributed by atoms with Gasteiger partial charge in [-0.1, -0.05) is 35.9 Å². The SMILES string of the molecule is O=C1CC[C@H](COc2nc(N3CC4CCC(C3)N4)c3cc(Cl)c(-c4cc(O)cc5ccccc45)c(F)c3n2)N1. The third kappa shape index (κ3) is 4.39. The van der Waals surface area contributed by atoms with Crippen molar-refractivity contribution < 1.29 is 19.0 Å². The highest BCUT2D eigenvalue weighted by molar-refractivity contribution is 6.35. The summed E-state index contributed by atoms with van der Waals surface area (Å²) < 4.78 is 22.5. The molecule has 3 fully saturated rings. The van der Waals surface area contributed by atoms with Crippen LogP contribution in [0.25, 0.3) is 32.8 Å². The van der Waals surface area contributed by atoms with Crippen molar-refractivity contribution in [1.82, 2.24) is 20.6 Å². The van der Waals surface area contributed by atoms with Gasteiger partial charge in [-0.3, -0.25) is 4.79 Å². The van der Waals surface area contributed by atoms with E-state index in [1.165, 1.54) is 6.07 Å². The first-order valence-electron chi connectivity index (χ1n) is 13.3. The predicted molar refractivity (Wildman–Crippen MR) is 148 cm³/mol. The van der Waals surface area contributed by atoms with E-state index in [1.54, 1.807) is 12.1 Å². The van der Waals surface area contributed by atoms with Gasteiger partial charge in [0.2, 0.25) is 5.91 Å². The highest BCUT2D eigenvalue weighted by atomic mass is 35.5. The number of carbonyl (C=O) groups is 1. The van der Waals surface area contributed by atoms with Gasteiger partial charge < -0.3 is 25.4 Å². The van der Waals surface area contributed by atoms with Crippen LogP contribution in [0.3, 0.4) is 0 Å². The van der Waals surface area contributed by atoms with Crippen LogP contribution < -0.4 is 20.3 Å². The largest absolute Gasteiger partial charge is 0.508 e. The third-order valence-corrected chi connectivity index (χ3v) is 8.27. The van der Waals surface area contributed by atoms with E-state index >= 15 is 4.39 Å². The number of benzene rings is 3. The fourth-order valence-corrected chi connectivity index (χ4v) is 6.46. The molecule has 4 aromatic rings. The molecule has 3 aliphatic rings. The van der Waals surface area contributed by atoms with Gasteiger partial charge in [-0.25, -0.2) is 4.39 Å². The minimum absolute atomic E-state index is 0.0105. The minimum atomic E-state index is -0.603. The van der Waals surface area contributed by atoms with Gasteiger partial charge in [0.15, 0.2) is 5.82 Å². The monoisotopic (exact) mass is 547 g/mol. The summed E-state index contributed by atoms with van der Waals surface area (Å²) >= 11 is 6.80. The third-order valence-electron chi connectivity index (χ3n) is 7.97. The van der Waals surface area contributed by atoms with Crippen molar-refractivity contribution in [2.24, 2.45) is 0 Å². The van der Waals surface area contributed by atoms with Crippen LogP contribution in [0.15, 0.2) is 42.5 Å². The summed E-state index contributed by atoms with van der Waals surface area (Å²) in [6.07, 6.45) is 3.28. The number of phenolic OH excluding ortho intramolecular Hbond substituents is 1. The molecule has 3 N–H and O–H groups in total. The van der Waals surface area contributed by atoms with Crippen molar-refractivity contribution >= 4 is 45.0 Å². The first-order chi connectivity index (χ1) is 18.9. The smallest absolute Gasteiger partial charge is 0.319 e. The Morgan fingerprint density at radius 2 is 1.87 bits per heavy atom. The first-order valence-corrected chi connectivity index (χ1v) is 13.7. The molecule has 2 bridgehead atoms. The number of aromatic nitrogens is 2. The van der Waals surface area contributed by atoms with Crippen LogP contribution in [0.2, 0.25) is 5.02 Å². The number of halogens is 2. The van der Waals surface area contributed by atoms with Gasteiger partial charge in [0.25, 0.3) is 0 Å². The number of hydrogen-bond acceptors (Lipinski definition) is 7. The molecular weight excluding hydrogens is 521 g/mol. The first kappa shape index (κ1) is 24.4. The summed E-state index contributed by atoms with van der Waals surface area (Å²) in [7, 11) is 0. The number of phenols is 1. The van der Waals surface area contributed by atoms with E-state index in [1.807, 2.05) is 24.3 Å². The van der Waals surface area contributed by atoms with E-state index in [-0.39, 0.29) is 46.4 Å². The fraction of sp³-hybridized carbons (Fsp3) is 0.345. The van der Waals surface area contributed by atoms with Crippen molar-refractivity contribution in [2.75, 3.05) is 24.6 Å². The van der Waals surface area contributed by atoms with Gasteiger partial charge in [0.05, 0.1) is 11.1 Å². The number of amides is 1. The van der Waals surface area contributed by atoms with Crippen molar-refractivity contribution in [3.05, 3.63) is 53.3 Å². The lowest BCUT2D eigenvalue weighted by Gasteiger charge is -2.34. The van der Waals surface area contributed by atoms with Gasteiger partial charge in [-0.2, -0.15) is 9.97 Å². The lowest BCUT2D eigenvalue weighted by Crippen LogP contribution is -2.51. The lowest BCUT2D eigenvalue weighted by molar-refractivity contribution is -0.119. The van der Waals surface area contributed by atoms with Crippen LogP contribution in [0.4, 0.5) is 10.2 Å². The molecule has 0 radical (unpaired) electrons. The molecule has 1 amide bonds. The Hall–Kier alpha value is -3.69. The molecule has 3 atom stereocenters. The van der Waals surface area contributed by atoms with Crippen molar-refractivity contribution in [3.8, 4) is 22.9 Å². The van der Waals surface area contributed by atoms with Crippen LogP contribution in [-0.4, -0.2) is 58.8 Å². The van der Waals surface area contributed by atoms with Gasteiger partial charge in [0.1, 0.15) is 23.7 Å². The zero-order valence-corrected chi connectivity index (χ0v) is 21.8. The second kappa shape index (κ2) is 9.50. The summed E-state index contributed by atoms with van der Waals surface area (Å²) in [5.74, 6) is -0.0174. The summed E-state index contributed by atoms with van der Waals surface area (Å²) in [5, 5.41) is 19.2. The molecule has 3 aliphatic heterocycles. The number of nitrogens with one attached hydrogen (secondary N) is 2. The normalized spacial score (nSPS) is 22.6. The molecule has 3 aromatic carbocycles. The van der Waals surface area contributed by atoms with Crippen LogP contribution in [0.1, 0.15) is 25.7 Å².